The Balaban J connectivity index is 1.93. The van der Waals surface area contributed by atoms with Crippen molar-refractivity contribution in [2.45, 2.75) is 13.0 Å². The van der Waals surface area contributed by atoms with Gasteiger partial charge in [0.1, 0.15) is 11.6 Å². The molecule has 0 spiro atoms. The number of aromatic hydroxyl groups is 1. The average Bonchev–Trinajstić information content (AvgIpc) is 2.52. The van der Waals surface area contributed by atoms with Crippen LogP contribution in [0.4, 0.5) is 4.39 Å². The number of carboxylic acid groups (broad SMARTS) is 1. The normalized spacial score (nSPS) is 13.8. The Kier molecular flexibility index (Phi) is 3.69. The van der Waals surface area contributed by atoms with Crippen molar-refractivity contribution in [2.75, 3.05) is 6.54 Å². The summed E-state index contributed by atoms with van der Waals surface area (Å²) in [4.78, 5) is 28.9. The van der Waals surface area contributed by atoms with Crippen LogP contribution in [0.1, 0.15) is 32.0 Å². The van der Waals surface area contributed by atoms with Crippen molar-refractivity contribution in [3.63, 3.8) is 0 Å². The highest BCUT2D eigenvalue weighted by atomic mass is 19.1. The maximum atomic E-state index is 12.9. The van der Waals surface area contributed by atoms with Crippen LogP contribution in [-0.2, 0) is 13.0 Å². The monoisotopic (exact) mass is 316 g/mol. The van der Waals surface area contributed by atoms with Gasteiger partial charge < -0.3 is 15.1 Å². The van der Waals surface area contributed by atoms with Gasteiger partial charge in [0.05, 0.1) is 11.8 Å². The maximum Gasteiger partial charge on any atom is 0.354 e. The lowest BCUT2D eigenvalue weighted by molar-refractivity contribution is 0.0685. The average molecular weight is 316 g/mol. The zero-order valence-corrected chi connectivity index (χ0v) is 12.0. The quantitative estimate of drug-likeness (QED) is 0.901. The molecule has 0 saturated carbocycles. The molecule has 3 rings (SSSR count). The molecule has 0 fully saturated rings. The lowest BCUT2D eigenvalue weighted by atomic mass is 9.96. The molecule has 0 radical (unpaired) electrons. The molecule has 0 saturated heterocycles. The minimum absolute atomic E-state index is 0.0224. The minimum Gasteiger partial charge on any atom is -0.505 e. The van der Waals surface area contributed by atoms with Gasteiger partial charge in [-0.15, -0.1) is 0 Å². The third-order valence-corrected chi connectivity index (χ3v) is 3.78. The zero-order valence-electron chi connectivity index (χ0n) is 12.0. The van der Waals surface area contributed by atoms with E-state index in [0.29, 0.717) is 6.54 Å². The second kappa shape index (κ2) is 5.68. The van der Waals surface area contributed by atoms with Gasteiger partial charge in [-0.2, -0.15) is 0 Å². The van der Waals surface area contributed by atoms with Crippen molar-refractivity contribution in [3.05, 3.63) is 58.7 Å². The number of benzene rings is 1. The first kappa shape index (κ1) is 15.0. The van der Waals surface area contributed by atoms with E-state index in [1.165, 1.54) is 17.0 Å². The Morgan fingerprint density at radius 1 is 1.30 bits per heavy atom. The third-order valence-electron chi connectivity index (χ3n) is 3.78. The molecule has 1 amide bonds. The number of hydrogen-bond acceptors (Lipinski definition) is 4. The molecule has 6 nitrogen and oxygen atoms in total. The number of halogens is 1. The lowest BCUT2D eigenvalue weighted by Crippen LogP contribution is -2.38. The first-order chi connectivity index (χ1) is 11.0. The lowest BCUT2D eigenvalue weighted by Gasteiger charge is -2.29. The van der Waals surface area contributed by atoms with E-state index in [4.69, 9.17) is 5.11 Å². The molecule has 23 heavy (non-hydrogen) atoms. The number of carbonyl (C=O) groups is 2. The Morgan fingerprint density at radius 3 is 2.65 bits per heavy atom. The van der Waals surface area contributed by atoms with Gasteiger partial charge in [-0.05, 0) is 24.1 Å². The molecule has 2 heterocycles. The second-order valence-corrected chi connectivity index (χ2v) is 5.25. The van der Waals surface area contributed by atoms with E-state index < -0.39 is 11.9 Å². The molecule has 1 aliphatic heterocycles. The Hall–Kier alpha value is -2.96. The summed E-state index contributed by atoms with van der Waals surface area (Å²) in [5.41, 5.74) is 0.756. The van der Waals surface area contributed by atoms with Crippen molar-refractivity contribution in [2.24, 2.45) is 0 Å². The van der Waals surface area contributed by atoms with Crippen molar-refractivity contribution < 1.29 is 24.2 Å². The molecule has 1 aliphatic rings. The molecule has 0 unspecified atom stereocenters. The molecule has 7 heteroatoms. The summed E-state index contributed by atoms with van der Waals surface area (Å²) in [6.45, 7) is 0.553. The third kappa shape index (κ3) is 2.73. The summed E-state index contributed by atoms with van der Waals surface area (Å²) in [5, 5.41) is 19.0. The van der Waals surface area contributed by atoms with Crippen LogP contribution in [0.3, 0.4) is 0 Å². The van der Waals surface area contributed by atoms with Gasteiger partial charge in [-0.1, -0.05) is 12.1 Å². The van der Waals surface area contributed by atoms with Crippen LogP contribution in [-0.4, -0.2) is 38.5 Å². The van der Waals surface area contributed by atoms with Gasteiger partial charge in [0.2, 0.25) is 0 Å². The standard InChI is InChI=1S/C16H13FN2O4/c17-10-3-1-9(2-4-10)8-19-6-5-11-13(15(19)21)12(20)7-18-14(11)16(22)23/h1-4,7,20H,5-6,8H2,(H,22,23). The Morgan fingerprint density at radius 2 is 2.00 bits per heavy atom. The number of rotatable bonds is 3. The predicted molar refractivity (Wildman–Crippen MR) is 77.7 cm³/mol. The van der Waals surface area contributed by atoms with Gasteiger partial charge in [-0.25, -0.2) is 14.2 Å². The molecule has 0 bridgehead atoms. The topological polar surface area (TPSA) is 90.7 Å². The molecule has 1 aromatic carbocycles. The summed E-state index contributed by atoms with van der Waals surface area (Å²) < 4.78 is 12.9. The number of amides is 1. The Bertz CT molecular complexity index is 789. The molecule has 118 valence electrons. The molecule has 1 aromatic heterocycles. The van der Waals surface area contributed by atoms with Gasteiger partial charge in [0, 0.05) is 18.7 Å². The van der Waals surface area contributed by atoms with Gasteiger partial charge in [0.25, 0.3) is 5.91 Å². The number of carboxylic acids is 1. The minimum atomic E-state index is -1.24. The maximum absolute atomic E-state index is 12.9. The Labute approximate surface area is 130 Å². The largest absolute Gasteiger partial charge is 0.505 e. The molecule has 2 aromatic rings. The number of aromatic nitrogens is 1. The van der Waals surface area contributed by atoms with Crippen molar-refractivity contribution >= 4 is 11.9 Å². The number of nitrogens with zero attached hydrogens (tertiary/aromatic N) is 2. The van der Waals surface area contributed by atoms with E-state index in [9.17, 15) is 19.1 Å². The highest BCUT2D eigenvalue weighted by Gasteiger charge is 2.31. The number of hydrogen-bond donors (Lipinski definition) is 2. The predicted octanol–water partition coefficient (Wildman–Crippen LogP) is 1.82. The number of aromatic carboxylic acids is 1. The van der Waals surface area contributed by atoms with Crippen LogP contribution in [0, 0.1) is 5.82 Å². The van der Waals surface area contributed by atoms with E-state index in [1.807, 2.05) is 0 Å². The van der Waals surface area contributed by atoms with Crippen molar-refractivity contribution in [1.29, 1.82) is 0 Å². The van der Waals surface area contributed by atoms with Crippen LogP contribution in [0.15, 0.2) is 30.5 Å². The summed E-state index contributed by atoms with van der Waals surface area (Å²) in [7, 11) is 0. The highest BCUT2D eigenvalue weighted by molar-refractivity contribution is 6.02. The van der Waals surface area contributed by atoms with Crippen molar-refractivity contribution in [1.82, 2.24) is 9.88 Å². The van der Waals surface area contributed by atoms with E-state index in [-0.39, 0.29) is 41.4 Å². The first-order valence-corrected chi connectivity index (χ1v) is 6.95. The van der Waals surface area contributed by atoms with E-state index in [1.54, 1.807) is 12.1 Å². The van der Waals surface area contributed by atoms with Gasteiger partial charge in [-0.3, -0.25) is 4.79 Å². The molecular formula is C16H13FN2O4. The zero-order chi connectivity index (χ0) is 16.6. The van der Waals surface area contributed by atoms with Crippen LogP contribution in [0.2, 0.25) is 0 Å². The fourth-order valence-corrected chi connectivity index (χ4v) is 2.67. The van der Waals surface area contributed by atoms with Crippen LogP contribution < -0.4 is 0 Å². The van der Waals surface area contributed by atoms with Gasteiger partial charge in [0.15, 0.2) is 5.69 Å². The van der Waals surface area contributed by atoms with E-state index >= 15 is 0 Å². The van der Waals surface area contributed by atoms with Crippen LogP contribution in [0.5, 0.6) is 5.75 Å². The fourth-order valence-electron chi connectivity index (χ4n) is 2.67. The molecule has 0 atom stereocenters. The van der Waals surface area contributed by atoms with Crippen LogP contribution >= 0.6 is 0 Å². The fraction of sp³-hybridized carbons (Fsp3) is 0.188. The van der Waals surface area contributed by atoms with Crippen LogP contribution in [0.25, 0.3) is 0 Å². The summed E-state index contributed by atoms with van der Waals surface area (Å²) in [6, 6.07) is 5.77. The molecule has 0 aliphatic carbocycles. The summed E-state index contributed by atoms with van der Waals surface area (Å²) in [5.74, 6) is -2.39. The van der Waals surface area contributed by atoms with Crippen molar-refractivity contribution in [3.8, 4) is 5.75 Å². The van der Waals surface area contributed by atoms with E-state index in [2.05, 4.69) is 4.98 Å². The smallest absolute Gasteiger partial charge is 0.354 e. The number of carbonyl (C=O) groups excluding carboxylic acids is 1. The summed E-state index contributed by atoms with van der Waals surface area (Å²) >= 11 is 0. The summed E-state index contributed by atoms with van der Waals surface area (Å²) in [6.07, 6.45) is 1.26. The van der Waals surface area contributed by atoms with E-state index in [0.717, 1.165) is 11.8 Å². The first-order valence-electron chi connectivity index (χ1n) is 6.95. The molecule has 2 N–H and O–H groups in total. The number of fused-ring (bicyclic) bond motifs is 1. The SMILES string of the molecule is O=C(O)c1ncc(O)c2c1CCN(Cc1ccc(F)cc1)C2=O. The molecular weight excluding hydrogens is 303 g/mol. The number of pyridine rings is 1. The highest BCUT2D eigenvalue weighted by Crippen LogP contribution is 2.29. The van der Waals surface area contributed by atoms with Gasteiger partial charge >= 0.3 is 5.97 Å². The second-order valence-electron chi connectivity index (χ2n) is 5.25.